The molecule has 0 unspecified atom stereocenters. The van der Waals surface area contributed by atoms with Crippen molar-refractivity contribution in [2.45, 2.75) is 18.3 Å². The molecule has 30 heavy (non-hydrogen) atoms. The molecule has 4 rings (SSSR count). The van der Waals surface area contributed by atoms with Gasteiger partial charge in [0.2, 0.25) is 0 Å². The van der Waals surface area contributed by atoms with Gasteiger partial charge >= 0.3 is 0 Å². The van der Waals surface area contributed by atoms with Crippen molar-refractivity contribution < 1.29 is 9.53 Å². The maximum Gasteiger partial charge on any atom is 0.173 e. The van der Waals surface area contributed by atoms with E-state index in [9.17, 15) is 4.79 Å². The van der Waals surface area contributed by atoms with E-state index >= 15 is 0 Å². The third-order valence-corrected chi connectivity index (χ3v) is 6.34. The third kappa shape index (κ3) is 5.63. The van der Waals surface area contributed by atoms with Crippen molar-refractivity contribution in [1.82, 2.24) is 9.80 Å². The number of rotatable bonds is 6. The number of morpholine rings is 1. The van der Waals surface area contributed by atoms with Crippen molar-refractivity contribution in [2.75, 3.05) is 52.5 Å². The standard InChI is InChI=1S/C24H30N2O2.2ClH/c27-23(21-7-3-1-4-8-21)24(22-9-5-2-6-10-22)11-13-25(14-12-24)15-16-26-17-19-28-20-18-26;;/h1-10H,11-20H2;2*1H. The highest BCUT2D eigenvalue weighted by atomic mass is 35.5. The molecule has 2 aliphatic rings. The van der Waals surface area contributed by atoms with E-state index in [-0.39, 0.29) is 30.6 Å². The van der Waals surface area contributed by atoms with E-state index < -0.39 is 5.41 Å². The highest BCUT2D eigenvalue weighted by molar-refractivity contribution is 6.04. The molecule has 0 N–H and O–H groups in total. The number of ketones is 1. The smallest absolute Gasteiger partial charge is 0.173 e. The fourth-order valence-electron chi connectivity index (χ4n) is 4.54. The van der Waals surface area contributed by atoms with Crippen LogP contribution in [0.2, 0.25) is 0 Å². The molecule has 0 spiro atoms. The first kappa shape index (κ1) is 24.8. The molecule has 164 valence electrons. The van der Waals surface area contributed by atoms with Gasteiger partial charge in [0.05, 0.1) is 18.6 Å². The van der Waals surface area contributed by atoms with Gasteiger partial charge in [-0.1, -0.05) is 60.7 Å². The van der Waals surface area contributed by atoms with Gasteiger partial charge in [-0.25, -0.2) is 0 Å². The second kappa shape index (κ2) is 11.8. The SMILES string of the molecule is Cl.Cl.O=C(c1ccccc1)C1(c2ccccc2)CCN(CCN2CCOCC2)CC1. The molecule has 0 saturated carbocycles. The Hall–Kier alpha value is -1.43. The van der Waals surface area contributed by atoms with Crippen LogP contribution in [0.5, 0.6) is 0 Å². The number of hydrogen-bond acceptors (Lipinski definition) is 4. The molecule has 0 amide bonds. The van der Waals surface area contributed by atoms with Gasteiger partial charge in [0.15, 0.2) is 5.78 Å². The number of nitrogens with zero attached hydrogens (tertiary/aromatic N) is 2. The molecule has 2 aromatic carbocycles. The number of carbonyl (C=O) groups excluding carboxylic acids is 1. The van der Waals surface area contributed by atoms with E-state index in [2.05, 4.69) is 34.1 Å². The summed E-state index contributed by atoms with van der Waals surface area (Å²) < 4.78 is 5.44. The zero-order valence-corrected chi connectivity index (χ0v) is 19.0. The molecule has 0 aliphatic carbocycles. The van der Waals surface area contributed by atoms with Gasteiger partial charge in [0, 0.05) is 31.7 Å². The monoisotopic (exact) mass is 450 g/mol. The molecule has 4 nitrogen and oxygen atoms in total. The fraction of sp³-hybridized carbons (Fsp3) is 0.458. The lowest BCUT2D eigenvalue weighted by Gasteiger charge is -2.42. The van der Waals surface area contributed by atoms with Crippen LogP contribution in [0, 0.1) is 0 Å². The summed E-state index contributed by atoms with van der Waals surface area (Å²) in [5.74, 6) is 0.270. The molecule has 2 fully saturated rings. The first-order chi connectivity index (χ1) is 13.8. The number of piperidine rings is 1. The first-order valence-electron chi connectivity index (χ1n) is 10.5. The zero-order chi connectivity index (χ0) is 19.2. The highest BCUT2D eigenvalue weighted by Gasteiger charge is 2.42. The molecule has 0 atom stereocenters. The normalized spacial score (nSPS) is 19.3. The summed E-state index contributed by atoms with van der Waals surface area (Å²) in [6.07, 6.45) is 1.77. The average Bonchev–Trinajstić information content (AvgIpc) is 2.79. The molecular formula is C24H32Cl2N2O2. The molecule has 0 bridgehead atoms. The van der Waals surface area contributed by atoms with Gasteiger partial charge in [0.1, 0.15) is 0 Å². The Bertz CT molecular complexity index is 759. The molecule has 2 heterocycles. The van der Waals surface area contributed by atoms with Crippen LogP contribution in [-0.4, -0.2) is 68.1 Å². The van der Waals surface area contributed by atoms with Gasteiger partial charge in [-0.2, -0.15) is 0 Å². The summed E-state index contributed by atoms with van der Waals surface area (Å²) in [6, 6.07) is 20.2. The molecule has 0 radical (unpaired) electrons. The number of likely N-dealkylation sites (tertiary alicyclic amines) is 1. The van der Waals surface area contributed by atoms with Crippen LogP contribution in [0.4, 0.5) is 0 Å². The maximum absolute atomic E-state index is 13.6. The van der Waals surface area contributed by atoms with Crippen molar-refractivity contribution in [1.29, 1.82) is 0 Å². The summed E-state index contributed by atoms with van der Waals surface area (Å²) in [7, 11) is 0. The number of ether oxygens (including phenoxy) is 1. The van der Waals surface area contributed by atoms with Crippen molar-refractivity contribution in [2.24, 2.45) is 0 Å². The van der Waals surface area contributed by atoms with Crippen LogP contribution in [-0.2, 0) is 10.2 Å². The quantitative estimate of drug-likeness (QED) is 0.620. The van der Waals surface area contributed by atoms with E-state index in [1.54, 1.807) is 0 Å². The topological polar surface area (TPSA) is 32.8 Å². The van der Waals surface area contributed by atoms with Gasteiger partial charge in [-0.05, 0) is 31.5 Å². The van der Waals surface area contributed by atoms with Crippen molar-refractivity contribution in [3.8, 4) is 0 Å². The van der Waals surface area contributed by atoms with E-state index in [0.29, 0.717) is 0 Å². The predicted octanol–water partition coefficient (Wildman–Crippen LogP) is 4.08. The molecule has 2 aromatic rings. The number of Topliss-reactive ketones (excluding diaryl/α,β-unsaturated/α-hetero) is 1. The minimum Gasteiger partial charge on any atom is -0.379 e. The molecular weight excluding hydrogens is 419 g/mol. The average molecular weight is 451 g/mol. The molecule has 6 heteroatoms. The summed E-state index contributed by atoms with van der Waals surface area (Å²) >= 11 is 0. The van der Waals surface area contributed by atoms with Gasteiger partial charge in [0.25, 0.3) is 0 Å². The van der Waals surface area contributed by atoms with E-state index in [4.69, 9.17) is 4.74 Å². The van der Waals surface area contributed by atoms with E-state index in [1.807, 2.05) is 36.4 Å². The highest BCUT2D eigenvalue weighted by Crippen LogP contribution is 2.38. The Labute approximate surface area is 192 Å². The van der Waals surface area contributed by atoms with E-state index in [1.165, 1.54) is 0 Å². The van der Waals surface area contributed by atoms with Gasteiger partial charge in [-0.3, -0.25) is 9.69 Å². The van der Waals surface area contributed by atoms with Crippen LogP contribution in [0.25, 0.3) is 0 Å². The number of benzene rings is 2. The molecule has 2 saturated heterocycles. The van der Waals surface area contributed by atoms with Crippen LogP contribution < -0.4 is 0 Å². The Morgan fingerprint density at radius 2 is 1.27 bits per heavy atom. The minimum absolute atomic E-state index is 0. The Kier molecular flexibility index (Phi) is 9.79. The predicted molar refractivity (Wildman–Crippen MR) is 126 cm³/mol. The molecule has 2 aliphatic heterocycles. The number of halogens is 2. The fourth-order valence-corrected chi connectivity index (χ4v) is 4.54. The van der Waals surface area contributed by atoms with Gasteiger partial charge < -0.3 is 9.64 Å². The third-order valence-electron chi connectivity index (χ3n) is 6.34. The summed E-state index contributed by atoms with van der Waals surface area (Å²) in [5, 5.41) is 0. The van der Waals surface area contributed by atoms with Crippen LogP contribution in [0.15, 0.2) is 60.7 Å². The lowest BCUT2D eigenvalue weighted by Crippen LogP contribution is -2.49. The lowest BCUT2D eigenvalue weighted by molar-refractivity contribution is 0.0305. The second-order valence-corrected chi connectivity index (χ2v) is 7.94. The van der Waals surface area contributed by atoms with Crippen LogP contribution in [0.1, 0.15) is 28.8 Å². The number of hydrogen-bond donors (Lipinski definition) is 0. The Morgan fingerprint density at radius 1 is 0.767 bits per heavy atom. The van der Waals surface area contributed by atoms with E-state index in [0.717, 1.165) is 76.5 Å². The zero-order valence-electron chi connectivity index (χ0n) is 17.4. The van der Waals surface area contributed by atoms with Crippen molar-refractivity contribution in [3.63, 3.8) is 0 Å². The maximum atomic E-state index is 13.6. The lowest BCUT2D eigenvalue weighted by atomic mass is 9.68. The summed E-state index contributed by atoms with van der Waals surface area (Å²) in [6.45, 7) is 7.88. The van der Waals surface area contributed by atoms with Crippen molar-refractivity contribution in [3.05, 3.63) is 71.8 Å². The van der Waals surface area contributed by atoms with Crippen molar-refractivity contribution >= 4 is 30.6 Å². The second-order valence-electron chi connectivity index (χ2n) is 7.94. The minimum atomic E-state index is -0.405. The van der Waals surface area contributed by atoms with Gasteiger partial charge in [-0.15, -0.1) is 24.8 Å². The Balaban J connectivity index is 0.00000160. The first-order valence-corrected chi connectivity index (χ1v) is 10.5. The number of carbonyl (C=O) groups is 1. The molecule has 0 aromatic heterocycles. The summed E-state index contributed by atoms with van der Waals surface area (Å²) in [5.41, 5.74) is 1.59. The van der Waals surface area contributed by atoms with Crippen LogP contribution >= 0.6 is 24.8 Å². The largest absolute Gasteiger partial charge is 0.379 e. The Morgan fingerprint density at radius 3 is 1.83 bits per heavy atom. The van der Waals surface area contributed by atoms with Crippen LogP contribution in [0.3, 0.4) is 0 Å². The summed E-state index contributed by atoms with van der Waals surface area (Å²) in [4.78, 5) is 18.6.